The molecule has 1 saturated carbocycles. The van der Waals surface area contributed by atoms with Crippen molar-refractivity contribution in [1.82, 2.24) is 15.1 Å². The van der Waals surface area contributed by atoms with Crippen molar-refractivity contribution in [3.05, 3.63) is 0 Å². The minimum absolute atomic E-state index is 0.743. The molecule has 0 aromatic carbocycles. The van der Waals surface area contributed by atoms with Gasteiger partial charge in [-0.05, 0) is 45.9 Å². The summed E-state index contributed by atoms with van der Waals surface area (Å²) < 4.78 is 0. The van der Waals surface area contributed by atoms with Crippen molar-refractivity contribution in [1.29, 1.82) is 0 Å². The molecule has 2 rings (SSSR count). The highest BCUT2D eigenvalue weighted by Gasteiger charge is 2.19. The Balaban J connectivity index is 1.57. The molecular formula is C15H31N3. The lowest BCUT2D eigenvalue weighted by Gasteiger charge is -2.34. The van der Waals surface area contributed by atoms with Crippen LogP contribution in [0.3, 0.4) is 0 Å². The van der Waals surface area contributed by atoms with E-state index in [4.69, 9.17) is 0 Å². The molecule has 0 aromatic rings. The van der Waals surface area contributed by atoms with E-state index in [0.29, 0.717) is 0 Å². The Kier molecular flexibility index (Phi) is 5.93. The molecule has 1 aliphatic carbocycles. The van der Waals surface area contributed by atoms with E-state index in [2.05, 4.69) is 29.2 Å². The average Bonchev–Trinajstić information content (AvgIpc) is 2.88. The molecule has 3 heteroatoms. The number of piperazine rings is 1. The van der Waals surface area contributed by atoms with E-state index in [9.17, 15) is 0 Å². The summed E-state index contributed by atoms with van der Waals surface area (Å²) in [5, 5.41) is 3.51. The van der Waals surface area contributed by atoms with Crippen LogP contribution < -0.4 is 5.32 Å². The van der Waals surface area contributed by atoms with Crippen LogP contribution in [0.1, 0.15) is 38.5 Å². The maximum atomic E-state index is 3.51. The monoisotopic (exact) mass is 253 g/mol. The van der Waals surface area contributed by atoms with Crippen molar-refractivity contribution in [3.63, 3.8) is 0 Å². The summed E-state index contributed by atoms with van der Waals surface area (Å²) in [7, 11) is 4.56. The van der Waals surface area contributed by atoms with Gasteiger partial charge in [0, 0.05) is 25.7 Å². The molecule has 1 aliphatic heterocycles. The van der Waals surface area contributed by atoms with Crippen LogP contribution >= 0.6 is 0 Å². The zero-order valence-electron chi connectivity index (χ0n) is 12.3. The molecule has 18 heavy (non-hydrogen) atoms. The summed E-state index contributed by atoms with van der Waals surface area (Å²) in [5.74, 6) is 1.03. The van der Waals surface area contributed by atoms with Gasteiger partial charge in [-0.15, -0.1) is 0 Å². The van der Waals surface area contributed by atoms with E-state index >= 15 is 0 Å². The summed E-state index contributed by atoms with van der Waals surface area (Å²) in [5.41, 5.74) is 0. The molecule has 0 bridgehead atoms. The number of nitrogens with one attached hydrogen (secondary N) is 1. The van der Waals surface area contributed by atoms with Crippen LogP contribution in [0.2, 0.25) is 0 Å². The third-order valence-electron chi connectivity index (χ3n) is 4.88. The highest BCUT2D eigenvalue weighted by Crippen LogP contribution is 2.27. The summed E-state index contributed by atoms with van der Waals surface area (Å²) in [6.45, 7) is 6.09. The van der Waals surface area contributed by atoms with E-state index in [-0.39, 0.29) is 0 Å². The number of likely N-dealkylation sites (N-methyl/N-ethyl adjacent to an activating group) is 1. The van der Waals surface area contributed by atoms with Crippen LogP contribution in [0.4, 0.5) is 0 Å². The first-order valence-corrected chi connectivity index (χ1v) is 7.85. The standard InChI is InChI=1S/C15H31N3/c1-17(10-7-14-5-3-4-6-14)11-8-15-13-16-9-12-18(15)2/h14-16H,3-13H2,1-2H3. The van der Waals surface area contributed by atoms with Gasteiger partial charge in [-0.2, -0.15) is 0 Å². The summed E-state index contributed by atoms with van der Waals surface area (Å²) in [6, 6.07) is 0.743. The number of rotatable bonds is 6. The molecule has 2 aliphatic rings. The second kappa shape index (κ2) is 7.46. The molecule has 2 fully saturated rings. The molecule has 0 spiro atoms. The van der Waals surface area contributed by atoms with Gasteiger partial charge in [-0.25, -0.2) is 0 Å². The topological polar surface area (TPSA) is 18.5 Å². The van der Waals surface area contributed by atoms with Gasteiger partial charge >= 0.3 is 0 Å². The largest absolute Gasteiger partial charge is 0.314 e. The lowest BCUT2D eigenvalue weighted by Crippen LogP contribution is -2.50. The van der Waals surface area contributed by atoms with Crippen LogP contribution in [0.15, 0.2) is 0 Å². The molecule has 0 aromatic heterocycles. The molecule has 1 saturated heterocycles. The van der Waals surface area contributed by atoms with Crippen LogP contribution in [0.5, 0.6) is 0 Å². The van der Waals surface area contributed by atoms with Crippen LogP contribution in [0.25, 0.3) is 0 Å². The number of hydrogen-bond acceptors (Lipinski definition) is 3. The first-order valence-electron chi connectivity index (χ1n) is 7.85. The first-order chi connectivity index (χ1) is 8.75. The minimum atomic E-state index is 0.743. The first kappa shape index (κ1) is 14.3. The quantitative estimate of drug-likeness (QED) is 0.778. The Hall–Kier alpha value is -0.120. The van der Waals surface area contributed by atoms with E-state index in [1.165, 1.54) is 64.7 Å². The van der Waals surface area contributed by atoms with Crippen LogP contribution in [0, 0.1) is 5.92 Å². The predicted octanol–water partition coefficient (Wildman–Crippen LogP) is 1.79. The van der Waals surface area contributed by atoms with Crippen molar-refractivity contribution in [2.45, 2.75) is 44.6 Å². The van der Waals surface area contributed by atoms with Crippen LogP contribution in [-0.4, -0.2) is 62.7 Å². The van der Waals surface area contributed by atoms with E-state index in [0.717, 1.165) is 18.5 Å². The maximum absolute atomic E-state index is 3.51. The second-order valence-electron chi connectivity index (χ2n) is 6.37. The highest BCUT2D eigenvalue weighted by molar-refractivity contribution is 4.78. The Labute approximate surface area is 113 Å². The minimum Gasteiger partial charge on any atom is -0.314 e. The Bertz CT molecular complexity index is 226. The smallest absolute Gasteiger partial charge is 0.0230 e. The van der Waals surface area contributed by atoms with Crippen molar-refractivity contribution in [2.75, 3.05) is 46.8 Å². The van der Waals surface area contributed by atoms with Crippen molar-refractivity contribution in [2.24, 2.45) is 5.92 Å². The number of nitrogens with zero attached hydrogens (tertiary/aromatic N) is 2. The van der Waals surface area contributed by atoms with Gasteiger partial charge in [0.2, 0.25) is 0 Å². The molecule has 1 heterocycles. The van der Waals surface area contributed by atoms with Gasteiger partial charge in [0.25, 0.3) is 0 Å². The molecular weight excluding hydrogens is 222 g/mol. The summed E-state index contributed by atoms with van der Waals surface area (Å²) in [4.78, 5) is 5.06. The van der Waals surface area contributed by atoms with Gasteiger partial charge in [0.1, 0.15) is 0 Å². The SMILES string of the molecule is CN(CCC1CCCC1)CCC1CNCCN1C. The Morgan fingerprint density at radius 2 is 1.89 bits per heavy atom. The second-order valence-corrected chi connectivity index (χ2v) is 6.37. The van der Waals surface area contributed by atoms with E-state index in [1.54, 1.807) is 0 Å². The lowest BCUT2D eigenvalue weighted by molar-refractivity contribution is 0.171. The van der Waals surface area contributed by atoms with Crippen LogP contribution in [-0.2, 0) is 0 Å². The van der Waals surface area contributed by atoms with Crippen molar-refractivity contribution in [3.8, 4) is 0 Å². The molecule has 0 radical (unpaired) electrons. The van der Waals surface area contributed by atoms with Gasteiger partial charge in [0.05, 0.1) is 0 Å². The molecule has 1 atom stereocenters. The highest BCUT2D eigenvalue weighted by atomic mass is 15.2. The van der Waals surface area contributed by atoms with Gasteiger partial charge in [-0.1, -0.05) is 25.7 Å². The summed E-state index contributed by atoms with van der Waals surface area (Å²) in [6.07, 6.45) is 8.67. The molecule has 1 N–H and O–H groups in total. The zero-order valence-corrected chi connectivity index (χ0v) is 12.3. The zero-order chi connectivity index (χ0) is 12.8. The fourth-order valence-corrected chi connectivity index (χ4v) is 3.37. The van der Waals surface area contributed by atoms with Gasteiger partial charge in [0.15, 0.2) is 0 Å². The van der Waals surface area contributed by atoms with Gasteiger partial charge in [-0.3, -0.25) is 0 Å². The van der Waals surface area contributed by atoms with Crippen molar-refractivity contribution >= 4 is 0 Å². The normalized spacial score (nSPS) is 27.2. The summed E-state index contributed by atoms with van der Waals surface area (Å²) >= 11 is 0. The average molecular weight is 253 g/mol. The van der Waals surface area contributed by atoms with E-state index < -0.39 is 0 Å². The molecule has 0 amide bonds. The Morgan fingerprint density at radius 3 is 2.61 bits per heavy atom. The van der Waals surface area contributed by atoms with Gasteiger partial charge < -0.3 is 15.1 Å². The third kappa shape index (κ3) is 4.52. The number of hydrogen-bond donors (Lipinski definition) is 1. The Morgan fingerprint density at radius 1 is 1.17 bits per heavy atom. The maximum Gasteiger partial charge on any atom is 0.0230 e. The predicted molar refractivity (Wildman–Crippen MR) is 78.0 cm³/mol. The lowest BCUT2D eigenvalue weighted by atomic mass is 10.0. The third-order valence-corrected chi connectivity index (χ3v) is 4.88. The fraction of sp³-hybridized carbons (Fsp3) is 1.00. The molecule has 3 nitrogen and oxygen atoms in total. The fourth-order valence-electron chi connectivity index (χ4n) is 3.37. The van der Waals surface area contributed by atoms with Crippen molar-refractivity contribution < 1.29 is 0 Å². The molecule has 1 unspecified atom stereocenters. The molecule has 106 valence electrons. The van der Waals surface area contributed by atoms with E-state index in [1.807, 2.05) is 0 Å².